The summed E-state index contributed by atoms with van der Waals surface area (Å²) in [5.74, 6) is -0.847. The van der Waals surface area contributed by atoms with Gasteiger partial charge in [-0.3, -0.25) is 66.0 Å². The number of H-pyrrole nitrogens is 3. The fourth-order valence-corrected chi connectivity index (χ4v) is 20.8. The third-order valence-corrected chi connectivity index (χ3v) is 27.3. The number of nitrogens with zero attached hydrogens (tertiary/aromatic N) is 9. The molecule has 0 spiro atoms. The van der Waals surface area contributed by atoms with Gasteiger partial charge in [0.05, 0.1) is 119 Å². The van der Waals surface area contributed by atoms with Gasteiger partial charge in [-0.1, -0.05) is 31.4 Å². The van der Waals surface area contributed by atoms with Crippen LogP contribution in [0, 0.1) is 12.8 Å². The quantitative estimate of drug-likeness (QED) is 0.0148. The lowest BCUT2D eigenvalue weighted by Gasteiger charge is -2.35. The van der Waals surface area contributed by atoms with Gasteiger partial charge in [-0.25, -0.2) is 28.7 Å². The van der Waals surface area contributed by atoms with Crippen LogP contribution in [-0.4, -0.2) is 219 Å². The number of fused-ring (bicyclic) bond motifs is 1. The Morgan fingerprint density at radius 1 is 0.627 bits per heavy atom. The third-order valence-electron chi connectivity index (χ3n) is 18.9. The number of nitrogens with one attached hydrogen (secondary N) is 4. The van der Waals surface area contributed by atoms with Crippen LogP contribution in [0.2, 0.25) is 0 Å². The number of anilines is 3. The molecule has 6 aromatic rings. The second kappa shape index (κ2) is 39.8. The summed E-state index contributed by atoms with van der Waals surface area (Å²) in [5.41, 5.74) is 12.8. The van der Waals surface area contributed by atoms with E-state index < -0.39 is 189 Å². The first-order chi connectivity index (χ1) is 55.6. The molecule has 5 fully saturated rings. The number of carbonyl (C=O) groups is 1. The third kappa shape index (κ3) is 24.9. The number of hydrogen-bond acceptors (Lipinski definition) is 38. The Kier molecular flexibility index (Phi) is 31.6. The summed E-state index contributed by atoms with van der Waals surface area (Å²) in [5, 5.41) is 13.1. The number of aliphatic hydroxyl groups is 1. The molecule has 9 unspecified atom stereocenters. The molecule has 11 heterocycles. The maximum absolute atomic E-state index is 14.1. The van der Waals surface area contributed by atoms with Gasteiger partial charge >= 0.3 is 43.0 Å². The highest BCUT2D eigenvalue weighted by molar-refractivity contribution is 9.10. The summed E-state index contributed by atoms with van der Waals surface area (Å²) >= 11 is 29.8. The van der Waals surface area contributed by atoms with Crippen LogP contribution in [0.25, 0.3) is 11.2 Å². The smallest absolute Gasteiger partial charge is 0.386 e. The van der Waals surface area contributed by atoms with Gasteiger partial charge in [-0.2, -0.15) is 15.0 Å². The first-order valence-electron chi connectivity index (χ1n) is 36.6. The Labute approximate surface area is 704 Å². The number of carbonyl (C=O) groups excluding carboxylic acids is 1. The largest absolute Gasteiger partial charge is 0.394 e. The second-order valence-electron chi connectivity index (χ2n) is 29.0. The molecule has 6 aromatic heterocycles. The maximum atomic E-state index is 14.1. The molecule has 5 aliphatic heterocycles. The molecule has 5 saturated heterocycles. The van der Waals surface area contributed by atoms with E-state index in [1.54, 1.807) is 13.8 Å². The van der Waals surface area contributed by atoms with Crippen molar-refractivity contribution < 1.29 is 98.0 Å². The van der Waals surface area contributed by atoms with Crippen molar-refractivity contribution in [3.8, 4) is 0 Å². The van der Waals surface area contributed by atoms with E-state index in [-0.39, 0.29) is 135 Å². The highest BCUT2D eigenvalue weighted by Crippen LogP contribution is 2.60. The molecule has 1 amide bonds. The zero-order chi connectivity index (χ0) is 85.6. The molecule has 0 saturated carbocycles. The van der Waals surface area contributed by atoms with E-state index in [0.29, 0.717) is 6.42 Å². The van der Waals surface area contributed by atoms with Gasteiger partial charge in [0.15, 0.2) is 11.2 Å². The maximum Gasteiger partial charge on any atom is 0.386 e. The number of imidazole rings is 1. The Bertz CT molecular complexity index is 5220. The minimum absolute atomic E-state index is 0.00650. The van der Waals surface area contributed by atoms with Crippen molar-refractivity contribution in [2.45, 2.75) is 177 Å². The van der Waals surface area contributed by atoms with Crippen LogP contribution in [0.4, 0.5) is 17.6 Å². The number of aryl methyl sites for hydroxylation is 1. The van der Waals surface area contributed by atoms with Crippen LogP contribution in [-0.2, 0) is 123 Å². The van der Waals surface area contributed by atoms with Crippen molar-refractivity contribution in [3.63, 3.8) is 0 Å². The Balaban J connectivity index is 0.787. The molecule has 55 heteroatoms. The van der Waals surface area contributed by atoms with Gasteiger partial charge in [0.1, 0.15) is 73.3 Å². The summed E-state index contributed by atoms with van der Waals surface area (Å²) in [6.07, 6.45) is -10.1. The first kappa shape index (κ1) is 93.6. The standard InChI is InChI=1S/C63H92BrN17O28P4S5/c1-32-17-47(77-10-7-44(66)71-58(77)87)101-40(32)26-98-112(116,95-16-15-94-14-13-93-12-9-69-46(83)22-62(3,4)109-63(5,6)30-65)107-37-20-49(79-23-33(2)54(84)75-60(79)89)103-41(37)27-96-111(92,115)106-36-19-51(81-31-70-52-53(81)73-57(68)74-56(52)86)104-43(36)29-99-113(117,118)108-38-21-48(78-11-8-45(67)72-59(78)88)102-42(38)28-97-110(91,114)105-35-18-50(100-39(35)25-82)80-24-34(64)55(85)76-61(80)90/h7-8,10-11,23-24,31-32,35-43,47-51,82H,9,12-22,25-30,65H2,1-6H3,(H,69,83)(H,91,114)(H,92,115)(H,117,118)(H2,66,71,87)(H2,67,72,88)(H,75,84,89)(H,76,85,90)(H3,68,73,74,86)/t32-,35-,36-,37-,38-,39?,40?,41?,42?,43?,47-,48-,49-,50-,51-,110?,111?,112?/m1/s1. The molecular weight excluding hydrogens is 1810 g/mol. The topological polar surface area (TPSA) is 591 Å². The summed E-state index contributed by atoms with van der Waals surface area (Å²) in [6, 6.07) is 2.79. The Hall–Kier alpha value is -5.10. The van der Waals surface area contributed by atoms with E-state index in [0.717, 1.165) is 13.7 Å². The predicted molar refractivity (Wildman–Crippen MR) is 440 cm³/mol. The number of aliphatic hydroxyl groups excluding tert-OH is 1. The van der Waals surface area contributed by atoms with Crippen LogP contribution in [0.15, 0.2) is 81.3 Å². The number of rotatable bonds is 41. The molecular formula is C63H92BrN17O28P4S5. The highest BCUT2D eigenvalue weighted by atomic mass is 79.9. The Morgan fingerprint density at radius 2 is 1.14 bits per heavy atom. The number of hydrogen-bond donors (Lipinski definition) is 12. The predicted octanol–water partition coefficient (Wildman–Crippen LogP) is 1.95. The number of halogens is 1. The van der Waals surface area contributed by atoms with Crippen LogP contribution < -0.4 is 67.7 Å². The average molecular weight is 1900 g/mol. The van der Waals surface area contributed by atoms with E-state index in [1.807, 2.05) is 20.8 Å². The average Bonchev–Trinajstić information content (AvgIpc) is 1.63. The number of aromatic amines is 3. The minimum Gasteiger partial charge on any atom is -0.394 e. The number of ether oxygens (including phenoxy) is 8. The molecule has 45 nitrogen and oxygen atoms in total. The fraction of sp³-hybridized carbons (Fsp3) is 0.651. The SMILES string of the molecule is Cc1cn([C@H]2C[C@@H](OP(=S)(OCCOCCOCCNC(=O)CC(C)(C)OC(C)(C)CN)OCC3O[C@@H](n4ccc(N)nc4=O)C[C@H]3C)C(COP(O)(=S)O[C@@H]3C[C@H](n4cnc5c(=O)[nH]c(N)nc54)OC3COP(=S)(S)O[C@@H]3C[C@H](n4ccc(N)nc4=O)OC3COP(=O)(S)O[C@@H]3C[C@H](n4cc(Br)c(=O)[nH]c4=O)OC3CO)O2)c(=O)[nH]c1=O. The molecule has 14 N–H and O–H groups in total. The van der Waals surface area contributed by atoms with E-state index in [4.69, 9.17) is 137 Å². The number of thiol groups is 2. The monoisotopic (exact) mass is 1900 g/mol. The van der Waals surface area contributed by atoms with Crippen molar-refractivity contribution in [2.75, 3.05) is 96.4 Å². The Morgan fingerprint density at radius 3 is 1.75 bits per heavy atom. The van der Waals surface area contributed by atoms with E-state index >= 15 is 0 Å². The van der Waals surface area contributed by atoms with Gasteiger partial charge in [0.25, 0.3) is 16.7 Å². The van der Waals surface area contributed by atoms with Crippen molar-refractivity contribution in [3.05, 3.63) is 126 Å². The van der Waals surface area contributed by atoms with Crippen molar-refractivity contribution >= 4 is 136 Å². The molecule has 19 atom stereocenters. The van der Waals surface area contributed by atoms with Gasteiger partial charge in [-0.05, 0) is 110 Å². The highest BCUT2D eigenvalue weighted by Gasteiger charge is 2.49. The van der Waals surface area contributed by atoms with Gasteiger partial charge in [-0.15, -0.1) is 0 Å². The van der Waals surface area contributed by atoms with Crippen LogP contribution in [0.3, 0.4) is 0 Å². The van der Waals surface area contributed by atoms with Gasteiger partial charge < -0.3 is 108 Å². The van der Waals surface area contributed by atoms with Crippen LogP contribution in [0.1, 0.15) is 110 Å². The minimum atomic E-state index is -4.60. The lowest BCUT2D eigenvalue weighted by Crippen LogP contribution is -2.44. The van der Waals surface area contributed by atoms with Crippen molar-refractivity contribution in [1.29, 1.82) is 0 Å². The van der Waals surface area contributed by atoms with E-state index in [9.17, 15) is 52.9 Å². The van der Waals surface area contributed by atoms with E-state index in [1.165, 1.54) is 59.3 Å². The number of aromatic nitrogens is 12. The molecule has 654 valence electrons. The molecule has 11 rings (SSSR count). The zero-order valence-corrected chi connectivity index (χ0v) is 73.5. The summed E-state index contributed by atoms with van der Waals surface area (Å²) in [6.45, 7) is -4.78. The lowest BCUT2D eigenvalue weighted by molar-refractivity contribution is -0.142. The van der Waals surface area contributed by atoms with Crippen LogP contribution in [0.5, 0.6) is 0 Å². The van der Waals surface area contributed by atoms with Crippen molar-refractivity contribution in [2.24, 2.45) is 11.7 Å². The van der Waals surface area contributed by atoms with Crippen molar-refractivity contribution in [1.82, 2.24) is 63.0 Å². The summed E-state index contributed by atoms with van der Waals surface area (Å²) in [4.78, 5) is 138. The number of nitrogens with two attached hydrogens (primary N) is 4. The van der Waals surface area contributed by atoms with E-state index in [2.05, 4.69) is 80.6 Å². The van der Waals surface area contributed by atoms with Crippen LogP contribution >= 0.6 is 66.4 Å². The first-order valence-corrected chi connectivity index (χ1v) is 49.0. The second-order valence-corrected chi connectivity index (χ2v) is 43.7. The molecule has 0 radical (unpaired) electrons. The lowest BCUT2D eigenvalue weighted by atomic mass is 10.0. The number of nitrogen functional groups attached to an aromatic ring is 3. The molecule has 0 aliphatic carbocycles. The molecule has 0 aromatic carbocycles. The normalized spacial score (nSPS) is 27.0. The summed E-state index contributed by atoms with van der Waals surface area (Å²) in [7, 11) is 0. The molecule has 5 aliphatic rings. The molecule has 0 bridgehead atoms. The zero-order valence-electron chi connectivity index (χ0n) is 64.1. The molecule has 118 heavy (non-hydrogen) atoms. The number of amides is 1. The van der Waals surface area contributed by atoms with Gasteiger partial charge in [0, 0.05) is 69.1 Å². The fourth-order valence-electron chi connectivity index (χ4n) is 13.3. The van der Waals surface area contributed by atoms with Gasteiger partial charge in [0.2, 0.25) is 17.5 Å². The summed E-state index contributed by atoms with van der Waals surface area (Å²) < 4.78 is 125.